The Bertz CT molecular complexity index is 3030. The molecule has 1 aromatic heterocycles. The number of fused-ring (bicyclic) bond motifs is 9. The molecule has 0 N–H and O–H groups in total. The molecule has 1 heteroatoms. The molecular weight excluding hydrogens is 629 g/mol. The molecule has 10 aromatic rings. The van der Waals surface area contributed by atoms with Gasteiger partial charge in [-0.15, -0.1) is 0 Å². The van der Waals surface area contributed by atoms with E-state index in [1.54, 1.807) is 0 Å². The zero-order valence-corrected chi connectivity index (χ0v) is 29.1. The molecule has 52 heavy (non-hydrogen) atoms. The lowest BCUT2D eigenvalue weighted by Crippen LogP contribution is -2.14. The number of hydrogen-bond donors (Lipinski definition) is 0. The smallest absolute Gasteiger partial charge is 0.143 e. The van der Waals surface area contributed by atoms with Gasteiger partial charge in [0.05, 0.1) is 0 Å². The van der Waals surface area contributed by atoms with Gasteiger partial charge in [-0.3, -0.25) is 0 Å². The van der Waals surface area contributed by atoms with Crippen LogP contribution in [0.4, 0.5) is 0 Å². The van der Waals surface area contributed by atoms with Gasteiger partial charge in [-0.05, 0) is 101 Å². The number of rotatable bonds is 3. The second-order valence-electron chi connectivity index (χ2n) is 14.8. The fourth-order valence-corrected chi connectivity index (χ4v) is 9.20. The summed E-state index contributed by atoms with van der Waals surface area (Å²) in [4.78, 5) is 0. The van der Waals surface area contributed by atoms with E-state index in [0.29, 0.717) is 0 Å². The number of para-hydroxylation sites is 2. The van der Waals surface area contributed by atoms with Crippen LogP contribution in [-0.2, 0) is 5.41 Å². The van der Waals surface area contributed by atoms with Crippen molar-refractivity contribution in [1.82, 2.24) is 0 Å². The van der Waals surface area contributed by atoms with Crippen LogP contribution in [0.2, 0.25) is 0 Å². The molecule has 9 aromatic carbocycles. The zero-order chi connectivity index (χ0) is 34.6. The van der Waals surface area contributed by atoms with Gasteiger partial charge in [0.1, 0.15) is 11.2 Å². The molecule has 244 valence electrons. The second kappa shape index (κ2) is 10.8. The first kappa shape index (κ1) is 29.3. The van der Waals surface area contributed by atoms with Crippen LogP contribution in [0.3, 0.4) is 0 Å². The van der Waals surface area contributed by atoms with Gasteiger partial charge in [0.2, 0.25) is 0 Å². The third-order valence-electron chi connectivity index (χ3n) is 11.7. The van der Waals surface area contributed by atoms with E-state index in [0.717, 1.165) is 33.1 Å². The Morgan fingerprint density at radius 1 is 0.365 bits per heavy atom. The molecule has 0 spiro atoms. The van der Waals surface area contributed by atoms with Gasteiger partial charge < -0.3 is 4.42 Å². The van der Waals surface area contributed by atoms with Gasteiger partial charge in [0, 0.05) is 21.8 Å². The molecule has 0 bridgehead atoms. The monoisotopic (exact) mass is 662 g/mol. The first-order valence-electron chi connectivity index (χ1n) is 18.2. The third kappa shape index (κ3) is 4.05. The highest BCUT2D eigenvalue weighted by atomic mass is 16.3. The van der Waals surface area contributed by atoms with Crippen molar-refractivity contribution in [2.45, 2.75) is 19.3 Å². The zero-order valence-electron chi connectivity index (χ0n) is 29.1. The summed E-state index contributed by atoms with van der Waals surface area (Å²) in [5, 5.41) is 9.94. The predicted octanol–water partition coefficient (Wildman–Crippen LogP) is 14.4. The van der Waals surface area contributed by atoms with Gasteiger partial charge in [-0.2, -0.15) is 0 Å². The first-order valence-corrected chi connectivity index (χ1v) is 18.2. The molecule has 0 saturated heterocycles. The first-order chi connectivity index (χ1) is 25.6. The van der Waals surface area contributed by atoms with Crippen LogP contribution in [0.25, 0.3) is 98.8 Å². The van der Waals surface area contributed by atoms with E-state index in [9.17, 15) is 0 Å². The molecule has 1 heterocycles. The molecule has 0 saturated carbocycles. The Morgan fingerprint density at radius 3 is 1.62 bits per heavy atom. The van der Waals surface area contributed by atoms with E-state index in [4.69, 9.17) is 4.42 Å². The van der Waals surface area contributed by atoms with Crippen molar-refractivity contribution in [2.24, 2.45) is 0 Å². The Kier molecular flexibility index (Phi) is 6.08. The van der Waals surface area contributed by atoms with Crippen molar-refractivity contribution in [3.63, 3.8) is 0 Å². The Hall–Kier alpha value is -6.44. The van der Waals surface area contributed by atoms with Gasteiger partial charge >= 0.3 is 0 Å². The van der Waals surface area contributed by atoms with Gasteiger partial charge in [-0.1, -0.05) is 166 Å². The van der Waals surface area contributed by atoms with Crippen LogP contribution in [0.1, 0.15) is 25.0 Å². The van der Waals surface area contributed by atoms with Crippen LogP contribution in [0.15, 0.2) is 174 Å². The second-order valence-corrected chi connectivity index (χ2v) is 14.8. The highest BCUT2D eigenvalue weighted by Gasteiger charge is 2.37. The van der Waals surface area contributed by atoms with Crippen molar-refractivity contribution < 1.29 is 4.42 Å². The topological polar surface area (TPSA) is 13.1 Å². The van der Waals surface area contributed by atoms with Crippen molar-refractivity contribution in [3.8, 4) is 44.5 Å². The molecular formula is C51H34O. The number of benzene rings is 9. The molecule has 0 atom stereocenters. The van der Waals surface area contributed by atoms with Crippen LogP contribution in [0.5, 0.6) is 0 Å². The largest absolute Gasteiger partial charge is 0.455 e. The Labute approximate surface area is 302 Å². The van der Waals surface area contributed by atoms with Crippen LogP contribution >= 0.6 is 0 Å². The fourth-order valence-electron chi connectivity index (χ4n) is 9.20. The minimum atomic E-state index is -0.106. The molecule has 0 radical (unpaired) electrons. The molecule has 1 nitrogen and oxygen atoms in total. The van der Waals surface area contributed by atoms with Crippen molar-refractivity contribution in [1.29, 1.82) is 0 Å². The van der Waals surface area contributed by atoms with Crippen molar-refractivity contribution in [3.05, 3.63) is 181 Å². The SMILES string of the molecule is CC1(C)c2cc3ccccc3cc2-c2c(-c3c4ccccc4c(-c4ccc(-c5cccc6c5oc5ccccc56)cc4)c4ccccc34)cccc21. The lowest BCUT2D eigenvalue weighted by atomic mass is 9.80. The van der Waals surface area contributed by atoms with Crippen molar-refractivity contribution >= 4 is 54.3 Å². The van der Waals surface area contributed by atoms with Crippen LogP contribution < -0.4 is 0 Å². The van der Waals surface area contributed by atoms with Gasteiger partial charge in [0.15, 0.2) is 0 Å². The minimum Gasteiger partial charge on any atom is -0.455 e. The van der Waals surface area contributed by atoms with E-state index in [2.05, 4.69) is 172 Å². The van der Waals surface area contributed by atoms with E-state index in [-0.39, 0.29) is 5.41 Å². The molecule has 0 unspecified atom stereocenters. The number of furan rings is 1. The Morgan fingerprint density at radius 2 is 0.904 bits per heavy atom. The summed E-state index contributed by atoms with van der Waals surface area (Å²) in [7, 11) is 0. The summed E-state index contributed by atoms with van der Waals surface area (Å²) < 4.78 is 6.41. The summed E-state index contributed by atoms with van der Waals surface area (Å²) in [5.41, 5.74) is 14.6. The summed E-state index contributed by atoms with van der Waals surface area (Å²) in [5.74, 6) is 0. The highest BCUT2D eigenvalue weighted by molar-refractivity contribution is 6.23. The third-order valence-corrected chi connectivity index (χ3v) is 11.7. The van der Waals surface area contributed by atoms with Gasteiger partial charge in [0.25, 0.3) is 0 Å². The molecule has 11 rings (SSSR count). The molecule has 1 aliphatic carbocycles. The Balaban J connectivity index is 1.14. The van der Waals surface area contributed by atoms with Gasteiger partial charge in [-0.25, -0.2) is 0 Å². The van der Waals surface area contributed by atoms with Crippen LogP contribution in [-0.4, -0.2) is 0 Å². The van der Waals surface area contributed by atoms with Crippen LogP contribution in [0, 0.1) is 0 Å². The normalized spacial score (nSPS) is 13.3. The summed E-state index contributed by atoms with van der Waals surface area (Å²) >= 11 is 0. The maximum absolute atomic E-state index is 6.41. The summed E-state index contributed by atoms with van der Waals surface area (Å²) in [6.45, 7) is 4.77. The van der Waals surface area contributed by atoms with E-state index < -0.39 is 0 Å². The highest BCUT2D eigenvalue weighted by Crippen LogP contribution is 2.55. The standard InChI is InChI=1S/C51H34O/c1-51(2)44-23-12-22-42(49(44)43-29-33-13-3-4-14-34(33)30-45(43)51)48-39-18-7-5-16-37(39)47(38-17-6-8-19-40(38)48)32-27-25-31(26-28-32)35-20-11-21-41-36-15-9-10-24-46(36)52-50(35)41/h3-30H,1-2H3. The molecule has 0 fully saturated rings. The summed E-state index contributed by atoms with van der Waals surface area (Å²) in [6, 6.07) is 62.4. The fraction of sp³-hybridized carbons (Fsp3) is 0.0588. The lowest BCUT2D eigenvalue weighted by Gasteiger charge is -2.23. The molecule has 0 aliphatic heterocycles. The average molecular weight is 663 g/mol. The molecule has 1 aliphatic rings. The quantitative estimate of drug-likeness (QED) is 0.172. The minimum absolute atomic E-state index is 0.106. The maximum Gasteiger partial charge on any atom is 0.143 e. The van der Waals surface area contributed by atoms with E-state index >= 15 is 0 Å². The molecule has 0 amide bonds. The average Bonchev–Trinajstić information content (AvgIpc) is 3.68. The number of hydrogen-bond acceptors (Lipinski definition) is 1. The van der Waals surface area contributed by atoms with E-state index in [1.807, 2.05) is 12.1 Å². The maximum atomic E-state index is 6.41. The van der Waals surface area contributed by atoms with E-state index in [1.165, 1.54) is 76.8 Å². The summed E-state index contributed by atoms with van der Waals surface area (Å²) in [6.07, 6.45) is 0. The lowest BCUT2D eigenvalue weighted by molar-refractivity contribution is 0.661. The van der Waals surface area contributed by atoms with Crippen molar-refractivity contribution in [2.75, 3.05) is 0 Å². The predicted molar refractivity (Wildman–Crippen MR) is 220 cm³/mol.